The normalized spacial score (nSPS) is 18.6. The summed E-state index contributed by atoms with van der Waals surface area (Å²) in [5, 5.41) is 0. The molecule has 0 aliphatic carbocycles. The van der Waals surface area contributed by atoms with E-state index in [-0.39, 0.29) is 12.1 Å². The lowest BCUT2D eigenvalue weighted by Crippen LogP contribution is -2.54. The highest BCUT2D eigenvalue weighted by Crippen LogP contribution is 2.21. The van der Waals surface area contributed by atoms with E-state index in [1.54, 1.807) is 4.90 Å². The number of rotatable bonds is 4. The Morgan fingerprint density at radius 2 is 2.00 bits per heavy atom. The number of amides is 1. The fraction of sp³-hybridized carbons (Fsp3) is 0.562. The van der Waals surface area contributed by atoms with Crippen LogP contribution in [0.25, 0.3) is 0 Å². The van der Waals surface area contributed by atoms with E-state index < -0.39 is 5.60 Å². The van der Waals surface area contributed by atoms with Crippen LogP contribution in [0.15, 0.2) is 30.3 Å². The number of benzene rings is 1. The van der Waals surface area contributed by atoms with Gasteiger partial charge in [-0.3, -0.25) is 0 Å². The van der Waals surface area contributed by atoms with E-state index in [0.717, 1.165) is 18.5 Å². The molecule has 2 rings (SSSR count). The standard InChI is InChI=1S/C16H23NO3/c1-16(2,3)20-15(18)17-10-9-14(17)12-19-11-13-7-5-4-6-8-13/h4-8,14H,9-12H2,1-3H3/t14-/m0/s1. The van der Waals surface area contributed by atoms with E-state index >= 15 is 0 Å². The summed E-state index contributed by atoms with van der Waals surface area (Å²) in [5.41, 5.74) is 0.706. The summed E-state index contributed by atoms with van der Waals surface area (Å²) in [6.45, 7) is 7.55. The molecular formula is C16H23NO3. The van der Waals surface area contributed by atoms with E-state index in [4.69, 9.17) is 9.47 Å². The van der Waals surface area contributed by atoms with Crippen molar-refractivity contribution in [3.05, 3.63) is 35.9 Å². The molecule has 1 aliphatic rings. The number of likely N-dealkylation sites (tertiary alicyclic amines) is 1. The molecule has 1 aromatic rings. The van der Waals surface area contributed by atoms with Gasteiger partial charge in [-0.25, -0.2) is 4.79 Å². The minimum Gasteiger partial charge on any atom is -0.444 e. The molecule has 0 saturated carbocycles. The first-order chi connectivity index (χ1) is 9.46. The highest BCUT2D eigenvalue weighted by Gasteiger charge is 2.35. The predicted molar refractivity (Wildman–Crippen MR) is 77.4 cm³/mol. The zero-order valence-corrected chi connectivity index (χ0v) is 12.5. The van der Waals surface area contributed by atoms with Crippen molar-refractivity contribution in [3.63, 3.8) is 0 Å². The zero-order valence-electron chi connectivity index (χ0n) is 12.5. The molecule has 1 aliphatic heterocycles. The molecule has 0 radical (unpaired) electrons. The molecule has 1 amide bonds. The molecule has 0 bridgehead atoms. The SMILES string of the molecule is CC(C)(C)OC(=O)N1CC[C@H]1COCc1ccccc1. The summed E-state index contributed by atoms with van der Waals surface area (Å²) in [5.74, 6) is 0. The minimum atomic E-state index is -0.442. The Bertz CT molecular complexity index is 439. The maximum absolute atomic E-state index is 11.9. The van der Waals surface area contributed by atoms with Crippen LogP contribution in [0, 0.1) is 0 Å². The van der Waals surface area contributed by atoms with Gasteiger partial charge >= 0.3 is 6.09 Å². The summed E-state index contributed by atoms with van der Waals surface area (Å²) in [7, 11) is 0. The Kier molecular flexibility index (Phi) is 4.65. The van der Waals surface area contributed by atoms with Crippen molar-refractivity contribution >= 4 is 6.09 Å². The summed E-state index contributed by atoms with van der Waals surface area (Å²) in [4.78, 5) is 13.7. The first kappa shape index (κ1) is 14.9. The fourth-order valence-corrected chi connectivity index (χ4v) is 2.06. The van der Waals surface area contributed by atoms with Gasteiger partial charge in [0.2, 0.25) is 0 Å². The average molecular weight is 277 g/mol. The molecule has 4 heteroatoms. The summed E-state index contributed by atoms with van der Waals surface area (Å²) < 4.78 is 11.1. The average Bonchev–Trinajstić information content (AvgIpc) is 2.32. The molecular weight excluding hydrogens is 254 g/mol. The van der Waals surface area contributed by atoms with Gasteiger partial charge in [-0.2, -0.15) is 0 Å². The summed E-state index contributed by atoms with van der Waals surface area (Å²) >= 11 is 0. The lowest BCUT2D eigenvalue weighted by atomic mass is 10.1. The van der Waals surface area contributed by atoms with Crippen LogP contribution in [0.2, 0.25) is 0 Å². The second-order valence-corrected chi connectivity index (χ2v) is 6.12. The third-order valence-electron chi connectivity index (χ3n) is 3.19. The summed E-state index contributed by atoms with van der Waals surface area (Å²) in [6, 6.07) is 10.2. The monoisotopic (exact) mass is 277 g/mol. The molecule has 20 heavy (non-hydrogen) atoms. The van der Waals surface area contributed by atoms with Crippen molar-refractivity contribution in [2.45, 2.75) is 45.4 Å². The number of carbonyl (C=O) groups is 1. The molecule has 1 atom stereocenters. The number of ether oxygens (including phenoxy) is 2. The zero-order chi connectivity index (χ0) is 14.6. The maximum atomic E-state index is 11.9. The van der Waals surface area contributed by atoms with Crippen LogP contribution in [0.5, 0.6) is 0 Å². The Morgan fingerprint density at radius 3 is 2.55 bits per heavy atom. The van der Waals surface area contributed by atoms with Crippen molar-refractivity contribution in [3.8, 4) is 0 Å². The van der Waals surface area contributed by atoms with E-state index in [9.17, 15) is 4.79 Å². The third kappa shape index (κ3) is 4.23. The van der Waals surface area contributed by atoms with E-state index in [1.165, 1.54) is 0 Å². The molecule has 1 heterocycles. The van der Waals surface area contributed by atoms with Crippen molar-refractivity contribution < 1.29 is 14.3 Å². The number of hydrogen-bond acceptors (Lipinski definition) is 3. The van der Waals surface area contributed by atoms with Crippen LogP contribution in [0.4, 0.5) is 4.79 Å². The van der Waals surface area contributed by atoms with Crippen LogP contribution in [-0.4, -0.2) is 35.8 Å². The van der Waals surface area contributed by atoms with Gasteiger partial charge in [-0.05, 0) is 32.8 Å². The first-order valence-corrected chi connectivity index (χ1v) is 7.07. The van der Waals surface area contributed by atoms with E-state index in [1.807, 2.05) is 51.1 Å². The minimum absolute atomic E-state index is 0.147. The smallest absolute Gasteiger partial charge is 0.410 e. The molecule has 0 N–H and O–H groups in total. The highest BCUT2D eigenvalue weighted by molar-refractivity contribution is 5.69. The Labute approximate surface area is 120 Å². The van der Waals surface area contributed by atoms with Crippen LogP contribution in [0.3, 0.4) is 0 Å². The quantitative estimate of drug-likeness (QED) is 0.848. The molecule has 4 nitrogen and oxygen atoms in total. The first-order valence-electron chi connectivity index (χ1n) is 7.07. The molecule has 1 saturated heterocycles. The summed E-state index contributed by atoms with van der Waals surface area (Å²) in [6.07, 6.45) is 0.741. The Balaban J connectivity index is 1.73. The van der Waals surface area contributed by atoms with Crippen LogP contribution >= 0.6 is 0 Å². The largest absolute Gasteiger partial charge is 0.444 e. The van der Waals surface area contributed by atoms with Gasteiger partial charge in [0.05, 0.1) is 19.3 Å². The van der Waals surface area contributed by atoms with Crippen molar-refractivity contribution in [2.75, 3.05) is 13.2 Å². The third-order valence-corrected chi connectivity index (χ3v) is 3.19. The van der Waals surface area contributed by atoms with E-state index in [2.05, 4.69) is 0 Å². The molecule has 1 fully saturated rings. The van der Waals surface area contributed by atoms with Crippen molar-refractivity contribution in [1.29, 1.82) is 0 Å². The van der Waals surface area contributed by atoms with Gasteiger partial charge in [0.1, 0.15) is 5.60 Å². The number of carbonyl (C=O) groups excluding carboxylic acids is 1. The van der Waals surface area contributed by atoms with Gasteiger partial charge < -0.3 is 14.4 Å². The fourth-order valence-electron chi connectivity index (χ4n) is 2.06. The second-order valence-electron chi connectivity index (χ2n) is 6.12. The van der Waals surface area contributed by atoms with Gasteiger partial charge in [0, 0.05) is 6.54 Å². The molecule has 0 unspecified atom stereocenters. The van der Waals surface area contributed by atoms with Gasteiger partial charge in [0.25, 0.3) is 0 Å². The van der Waals surface area contributed by atoms with Crippen LogP contribution in [0.1, 0.15) is 32.8 Å². The lowest BCUT2D eigenvalue weighted by molar-refractivity contribution is -0.0307. The van der Waals surface area contributed by atoms with Gasteiger partial charge in [0.15, 0.2) is 0 Å². The van der Waals surface area contributed by atoms with Gasteiger partial charge in [-0.1, -0.05) is 30.3 Å². The topological polar surface area (TPSA) is 38.8 Å². The van der Waals surface area contributed by atoms with Gasteiger partial charge in [-0.15, -0.1) is 0 Å². The predicted octanol–water partition coefficient (Wildman–Crippen LogP) is 3.21. The molecule has 0 spiro atoms. The second kappa shape index (κ2) is 6.27. The van der Waals surface area contributed by atoms with E-state index in [0.29, 0.717) is 13.2 Å². The number of hydrogen-bond donors (Lipinski definition) is 0. The van der Waals surface area contributed by atoms with Crippen molar-refractivity contribution in [2.24, 2.45) is 0 Å². The molecule has 110 valence electrons. The highest BCUT2D eigenvalue weighted by atomic mass is 16.6. The molecule has 0 aromatic heterocycles. The Morgan fingerprint density at radius 1 is 1.30 bits per heavy atom. The Hall–Kier alpha value is -1.55. The van der Waals surface area contributed by atoms with Crippen LogP contribution < -0.4 is 0 Å². The van der Waals surface area contributed by atoms with Crippen molar-refractivity contribution in [1.82, 2.24) is 4.90 Å². The number of nitrogens with zero attached hydrogens (tertiary/aromatic N) is 1. The molecule has 1 aromatic carbocycles. The maximum Gasteiger partial charge on any atom is 0.410 e. The van der Waals surface area contributed by atoms with Crippen LogP contribution in [-0.2, 0) is 16.1 Å². The lowest BCUT2D eigenvalue weighted by Gasteiger charge is -2.41.